The minimum atomic E-state index is -0.974. The number of fused-ring (bicyclic) bond motifs is 1. The molecule has 8 atom stereocenters. The highest BCUT2D eigenvalue weighted by Crippen LogP contribution is 2.38. The Morgan fingerprint density at radius 3 is 2.53 bits per heavy atom. The van der Waals surface area contributed by atoms with Crippen LogP contribution in [0.1, 0.15) is 97.8 Å². The van der Waals surface area contributed by atoms with Gasteiger partial charge in [0.1, 0.15) is 23.8 Å². The molecule has 252 valence electrons. The first-order valence-electron chi connectivity index (χ1n) is 16.5. The molecule has 3 rings (SSSR count). The van der Waals surface area contributed by atoms with E-state index < -0.39 is 42.7 Å². The van der Waals surface area contributed by atoms with Crippen LogP contribution in [0.25, 0.3) is 0 Å². The van der Waals surface area contributed by atoms with Crippen LogP contribution in [-0.4, -0.2) is 82.8 Å². The zero-order chi connectivity index (χ0) is 32.9. The highest BCUT2D eigenvalue weighted by molar-refractivity contribution is 5.97. The van der Waals surface area contributed by atoms with Crippen LogP contribution in [0.3, 0.4) is 0 Å². The Kier molecular flexibility index (Phi) is 15.1. The molecule has 0 aromatic carbocycles. The Bertz CT molecular complexity index is 1130. The number of aliphatic hydroxyl groups excluding tert-OH is 3. The number of allylic oxidation sites excluding steroid dienone is 6. The van der Waals surface area contributed by atoms with Crippen molar-refractivity contribution in [1.29, 1.82) is 0 Å². The predicted octanol–water partition coefficient (Wildman–Crippen LogP) is 4.69. The van der Waals surface area contributed by atoms with E-state index in [1.807, 2.05) is 19.1 Å². The Hall–Kier alpha value is -2.63. The topological polar surface area (TPSA) is 152 Å². The third kappa shape index (κ3) is 11.6. The number of amides is 1. The first-order chi connectivity index (χ1) is 21.5. The molecule has 2 aliphatic heterocycles. The molecule has 0 unspecified atom stereocenters. The van der Waals surface area contributed by atoms with Crippen LogP contribution in [0.4, 0.5) is 0 Å². The average molecular weight is 632 g/mol. The van der Waals surface area contributed by atoms with Crippen LogP contribution in [0.15, 0.2) is 47.3 Å². The molecule has 1 amide bonds. The number of ether oxygens (including phenoxy) is 3. The molecule has 1 fully saturated rings. The van der Waals surface area contributed by atoms with Gasteiger partial charge < -0.3 is 34.8 Å². The van der Waals surface area contributed by atoms with Crippen LogP contribution in [0, 0.1) is 5.92 Å². The van der Waals surface area contributed by atoms with Crippen molar-refractivity contribution in [3.8, 4) is 0 Å². The number of aliphatic hydroxyl groups is 3. The van der Waals surface area contributed by atoms with Gasteiger partial charge in [-0.2, -0.15) is 0 Å². The summed E-state index contributed by atoms with van der Waals surface area (Å²) in [6.45, 7) is 5.72. The summed E-state index contributed by atoms with van der Waals surface area (Å²) in [4.78, 5) is 38.9. The van der Waals surface area contributed by atoms with E-state index in [2.05, 4.69) is 12.2 Å². The van der Waals surface area contributed by atoms with Gasteiger partial charge in [0.2, 0.25) is 5.91 Å². The fourth-order valence-corrected chi connectivity index (χ4v) is 6.31. The molecular weight excluding hydrogens is 578 g/mol. The fraction of sp³-hybridized carbons (Fsp3) is 0.686. The van der Waals surface area contributed by atoms with E-state index in [0.717, 1.165) is 37.7 Å². The lowest BCUT2D eigenvalue weighted by Gasteiger charge is -2.37. The van der Waals surface area contributed by atoms with Crippen molar-refractivity contribution in [2.24, 2.45) is 5.92 Å². The number of nitrogens with one attached hydrogen (secondary N) is 1. The van der Waals surface area contributed by atoms with Gasteiger partial charge in [0.05, 0.1) is 18.3 Å². The van der Waals surface area contributed by atoms with Gasteiger partial charge in [-0.3, -0.25) is 14.4 Å². The standard InChI is InChI=1S/C35H53NO9/c1-5-6-7-8-13-25-19-26(37)14-11-15-27(38)20-28(39)33-24(17-22(2)12-9-10-16-31(40)36-25)18-30(35(33)42)45-32-21-29(43-4)34(41)23(3)44-32/h9-10,12,16-17,23-25,27,29-30,32,34,38,41-42H,5-8,11,13-15,18-21H2,1-4H3,(H,36,40)/t23-,24-,25+,27-,29+,30+,32+,34-/m1/s1. The Morgan fingerprint density at radius 2 is 1.80 bits per heavy atom. The fourth-order valence-electron chi connectivity index (χ4n) is 6.31. The van der Waals surface area contributed by atoms with Gasteiger partial charge >= 0.3 is 0 Å². The van der Waals surface area contributed by atoms with Gasteiger partial charge in [-0.1, -0.05) is 62.5 Å². The summed E-state index contributed by atoms with van der Waals surface area (Å²) in [6, 6.07) is -0.247. The molecule has 0 aromatic heterocycles. The van der Waals surface area contributed by atoms with E-state index in [9.17, 15) is 29.7 Å². The number of methoxy groups -OCH3 is 1. The normalized spacial score (nSPS) is 32.8. The molecule has 2 heterocycles. The maximum absolute atomic E-state index is 13.5. The zero-order valence-corrected chi connectivity index (χ0v) is 27.3. The SMILES string of the molecule is CCCCCC[C@H]1CC(=O)CCC[C@@H](O)CC(=O)C2=C(O)[C@@H](O[C@H]3C[C@H](OC)[C@H](O)[C@@H](C)O3)C[C@H]2C=C(C)C=CC=CC(=O)N1. The summed E-state index contributed by atoms with van der Waals surface area (Å²) in [6.07, 6.45) is 10.5. The summed E-state index contributed by atoms with van der Waals surface area (Å²) >= 11 is 0. The third-order valence-corrected chi connectivity index (χ3v) is 8.81. The number of carbonyl (C=O) groups is 3. The van der Waals surface area contributed by atoms with Crippen LogP contribution in [-0.2, 0) is 28.6 Å². The van der Waals surface area contributed by atoms with Gasteiger partial charge in [0.25, 0.3) is 0 Å². The highest BCUT2D eigenvalue weighted by atomic mass is 16.7. The monoisotopic (exact) mass is 631 g/mol. The molecule has 1 saturated heterocycles. The summed E-state index contributed by atoms with van der Waals surface area (Å²) in [7, 11) is 1.50. The first-order valence-corrected chi connectivity index (χ1v) is 16.5. The van der Waals surface area contributed by atoms with Crippen LogP contribution in [0.2, 0.25) is 0 Å². The third-order valence-electron chi connectivity index (χ3n) is 8.81. The van der Waals surface area contributed by atoms with E-state index in [1.54, 1.807) is 19.1 Å². The highest BCUT2D eigenvalue weighted by Gasteiger charge is 2.42. The minimum Gasteiger partial charge on any atom is -0.509 e. The summed E-state index contributed by atoms with van der Waals surface area (Å²) in [5, 5.41) is 35.2. The van der Waals surface area contributed by atoms with Gasteiger partial charge in [-0.05, 0) is 39.5 Å². The molecule has 4 N–H and O–H groups in total. The van der Waals surface area contributed by atoms with Gasteiger partial charge in [-0.25, -0.2) is 0 Å². The molecule has 0 bridgehead atoms. The Balaban J connectivity index is 1.79. The van der Waals surface area contributed by atoms with Crippen LogP contribution >= 0.6 is 0 Å². The maximum atomic E-state index is 13.5. The molecule has 10 nitrogen and oxygen atoms in total. The summed E-state index contributed by atoms with van der Waals surface area (Å²) in [5.74, 6) is -1.30. The number of hydrogen-bond donors (Lipinski definition) is 4. The van der Waals surface area contributed by atoms with E-state index in [4.69, 9.17) is 14.2 Å². The van der Waals surface area contributed by atoms with Crippen molar-refractivity contribution in [2.75, 3.05) is 7.11 Å². The second-order valence-electron chi connectivity index (χ2n) is 12.6. The molecule has 3 aliphatic rings. The first kappa shape index (κ1) is 36.8. The largest absolute Gasteiger partial charge is 0.509 e. The van der Waals surface area contributed by atoms with E-state index in [0.29, 0.717) is 6.42 Å². The van der Waals surface area contributed by atoms with Crippen molar-refractivity contribution in [2.45, 2.75) is 141 Å². The summed E-state index contributed by atoms with van der Waals surface area (Å²) in [5.41, 5.74) is 1.00. The van der Waals surface area contributed by atoms with Crippen LogP contribution < -0.4 is 5.32 Å². The lowest BCUT2D eigenvalue weighted by atomic mass is 9.92. The van der Waals surface area contributed by atoms with E-state index >= 15 is 0 Å². The Labute approximate surface area is 267 Å². The number of hydrogen-bond acceptors (Lipinski definition) is 9. The number of unbranched alkanes of at least 4 members (excludes halogenated alkanes) is 3. The number of carbonyl (C=O) groups excluding carboxylic acids is 3. The number of ketones is 2. The molecule has 45 heavy (non-hydrogen) atoms. The predicted molar refractivity (Wildman–Crippen MR) is 170 cm³/mol. The second-order valence-corrected chi connectivity index (χ2v) is 12.6. The molecule has 0 saturated carbocycles. The maximum Gasteiger partial charge on any atom is 0.244 e. The lowest BCUT2D eigenvalue weighted by Crippen LogP contribution is -2.49. The van der Waals surface area contributed by atoms with E-state index in [1.165, 1.54) is 13.2 Å². The van der Waals surface area contributed by atoms with Gasteiger partial charge in [-0.15, -0.1) is 0 Å². The smallest absolute Gasteiger partial charge is 0.244 e. The molecular formula is C35H53NO9. The van der Waals surface area contributed by atoms with Crippen molar-refractivity contribution in [3.63, 3.8) is 0 Å². The van der Waals surface area contributed by atoms with E-state index in [-0.39, 0.29) is 73.4 Å². The molecule has 0 aromatic rings. The minimum absolute atomic E-state index is 0.00890. The molecule has 0 radical (unpaired) electrons. The average Bonchev–Trinajstić information content (AvgIpc) is 3.28. The molecule has 1 aliphatic carbocycles. The van der Waals surface area contributed by atoms with Crippen LogP contribution in [0.5, 0.6) is 0 Å². The number of rotatable bonds is 8. The summed E-state index contributed by atoms with van der Waals surface area (Å²) < 4.78 is 17.3. The number of Topliss-reactive ketones (excluding diaryl/α,β-unsaturated/α-hetero) is 2. The van der Waals surface area contributed by atoms with Gasteiger partial charge in [0, 0.05) is 56.4 Å². The lowest BCUT2D eigenvalue weighted by molar-refractivity contribution is -0.261. The van der Waals surface area contributed by atoms with Crippen molar-refractivity contribution in [3.05, 3.63) is 47.3 Å². The molecule has 0 spiro atoms. The molecule has 10 heteroatoms. The van der Waals surface area contributed by atoms with Gasteiger partial charge in [0.15, 0.2) is 12.1 Å². The second kappa shape index (κ2) is 18.5. The quantitative estimate of drug-likeness (QED) is 0.280. The zero-order valence-electron chi connectivity index (χ0n) is 27.3. The van der Waals surface area contributed by atoms with Crippen molar-refractivity contribution in [1.82, 2.24) is 5.32 Å². The van der Waals surface area contributed by atoms with Crippen molar-refractivity contribution < 1.29 is 43.9 Å². The van der Waals surface area contributed by atoms with Crippen molar-refractivity contribution >= 4 is 17.5 Å². The Morgan fingerprint density at radius 1 is 1.04 bits per heavy atom.